The van der Waals surface area contributed by atoms with Gasteiger partial charge in [0.2, 0.25) is 9.84 Å². The van der Waals surface area contributed by atoms with Crippen LogP contribution in [0.1, 0.15) is 25.0 Å². The van der Waals surface area contributed by atoms with E-state index >= 15 is 0 Å². The van der Waals surface area contributed by atoms with E-state index in [-0.39, 0.29) is 0 Å². The zero-order valence-electron chi connectivity index (χ0n) is 30.2. The molecule has 0 radical (unpaired) electrons. The number of rotatable bonds is 5. The van der Waals surface area contributed by atoms with E-state index in [1.54, 1.807) is 17.4 Å². The molecule has 1 aliphatic rings. The van der Waals surface area contributed by atoms with Crippen LogP contribution >= 0.6 is 11.3 Å². The SMILES string of the molecule is CC1(C)c2cc(-c3cccc(-c4cc5c6ccccc6n6c7sccc7c(c4)c56)c3)ccc2S(=O)(=O)c2ccc(N(c3ccccc3)c3ccccc3)cc21. The maximum absolute atomic E-state index is 14.4. The highest BCUT2D eigenvalue weighted by Gasteiger charge is 2.41. The van der Waals surface area contributed by atoms with E-state index in [9.17, 15) is 8.42 Å². The molecule has 11 rings (SSSR count). The molecule has 0 aliphatic carbocycles. The number of hydrogen-bond donors (Lipinski definition) is 0. The van der Waals surface area contributed by atoms with Crippen molar-refractivity contribution in [1.29, 1.82) is 0 Å². The first-order valence-corrected chi connectivity index (χ1v) is 20.9. The number of sulfone groups is 1. The third kappa shape index (κ3) is 4.65. The van der Waals surface area contributed by atoms with Gasteiger partial charge in [-0.1, -0.05) is 92.7 Å². The molecule has 1 aliphatic heterocycles. The Morgan fingerprint density at radius 1 is 0.509 bits per heavy atom. The summed E-state index contributed by atoms with van der Waals surface area (Å²) in [5.74, 6) is 0. The average molecular weight is 747 g/mol. The Bertz CT molecular complexity index is 3210. The molecule has 0 fully saturated rings. The van der Waals surface area contributed by atoms with Crippen LogP contribution < -0.4 is 4.90 Å². The molecule has 0 atom stereocenters. The molecule has 264 valence electrons. The first-order chi connectivity index (χ1) is 26.8. The van der Waals surface area contributed by atoms with Crippen LogP contribution in [0.2, 0.25) is 0 Å². The Hall–Kier alpha value is -6.21. The molecule has 55 heavy (non-hydrogen) atoms. The van der Waals surface area contributed by atoms with Crippen molar-refractivity contribution in [2.75, 3.05) is 4.90 Å². The summed E-state index contributed by atoms with van der Waals surface area (Å²) in [6.07, 6.45) is 0. The van der Waals surface area contributed by atoms with Gasteiger partial charge < -0.3 is 4.90 Å². The fourth-order valence-electron chi connectivity index (χ4n) is 8.92. The van der Waals surface area contributed by atoms with Gasteiger partial charge in [0, 0.05) is 44.0 Å². The maximum atomic E-state index is 14.4. The zero-order chi connectivity index (χ0) is 37.1. The van der Waals surface area contributed by atoms with Crippen molar-refractivity contribution in [1.82, 2.24) is 4.40 Å². The highest BCUT2D eigenvalue weighted by Crippen LogP contribution is 2.49. The number of thiophene rings is 1. The molecule has 10 aromatic rings. The minimum absolute atomic E-state index is 0.364. The van der Waals surface area contributed by atoms with Crippen LogP contribution in [0.15, 0.2) is 179 Å². The molecular formula is C49H34N2O2S2. The Labute approximate surface area is 323 Å². The standard InChI is InChI=1S/C49H34N2O2S2/c1-49(2)42-29-33(20-22-45(42)55(52,53)46-23-21-37(30-43(46)49)50(35-14-5-3-6-15-35)36-16-7-4-8-17-36)31-12-11-13-32(26-31)34-27-40-38-18-9-10-19-44(38)51-47(40)41(28-34)39-24-25-54-48(39)51/h3-30H,1-2H3. The lowest BCUT2D eigenvalue weighted by Crippen LogP contribution is -2.30. The quantitative estimate of drug-likeness (QED) is 0.176. The van der Waals surface area contributed by atoms with Gasteiger partial charge in [0.05, 0.1) is 20.8 Å². The number of fused-ring (bicyclic) bond motifs is 8. The molecule has 0 saturated heterocycles. The molecule has 6 heteroatoms. The predicted molar refractivity (Wildman–Crippen MR) is 229 cm³/mol. The van der Waals surface area contributed by atoms with Gasteiger partial charge in [-0.05, 0) is 124 Å². The summed E-state index contributed by atoms with van der Waals surface area (Å²) in [6, 6.07) is 56.3. The molecule has 7 aromatic carbocycles. The summed E-state index contributed by atoms with van der Waals surface area (Å²) in [6.45, 7) is 4.29. The second-order valence-corrected chi connectivity index (χ2v) is 17.8. The molecule has 0 unspecified atom stereocenters. The third-order valence-electron chi connectivity index (χ3n) is 11.6. The summed E-state index contributed by atoms with van der Waals surface area (Å²) in [4.78, 5) is 4.20. The molecular weight excluding hydrogens is 713 g/mol. The normalized spacial score (nSPS) is 14.4. The fourth-order valence-corrected chi connectivity index (χ4v) is 11.8. The second kappa shape index (κ2) is 11.6. The van der Waals surface area contributed by atoms with Crippen molar-refractivity contribution in [2.45, 2.75) is 29.1 Å². The molecule has 0 bridgehead atoms. The lowest BCUT2D eigenvalue weighted by Gasteiger charge is -2.36. The van der Waals surface area contributed by atoms with Gasteiger partial charge in [-0.3, -0.25) is 4.40 Å². The highest BCUT2D eigenvalue weighted by molar-refractivity contribution is 7.91. The number of hydrogen-bond acceptors (Lipinski definition) is 4. The van der Waals surface area contributed by atoms with Crippen molar-refractivity contribution in [3.8, 4) is 22.3 Å². The minimum Gasteiger partial charge on any atom is -0.310 e. The number of aromatic nitrogens is 1. The van der Waals surface area contributed by atoms with Gasteiger partial charge >= 0.3 is 0 Å². The maximum Gasteiger partial charge on any atom is 0.207 e. The van der Waals surface area contributed by atoms with E-state index in [2.05, 4.69) is 132 Å². The largest absolute Gasteiger partial charge is 0.310 e. The average Bonchev–Trinajstić information content (AvgIpc) is 3.92. The van der Waals surface area contributed by atoms with Crippen molar-refractivity contribution in [3.63, 3.8) is 0 Å². The number of para-hydroxylation sites is 3. The van der Waals surface area contributed by atoms with Gasteiger partial charge in [0.15, 0.2) is 0 Å². The summed E-state index contributed by atoms with van der Waals surface area (Å²) < 4.78 is 31.2. The summed E-state index contributed by atoms with van der Waals surface area (Å²) in [5.41, 5.74) is 10.7. The van der Waals surface area contributed by atoms with Crippen LogP contribution in [-0.2, 0) is 15.3 Å². The molecule has 4 nitrogen and oxygen atoms in total. The molecule has 0 N–H and O–H groups in total. The lowest BCUT2D eigenvalue weighted by molar-refractivity contribution is 0.556. The molecule has 0 saturated carbocycles. The van der Waals surface area contributed by atoms with E-state index in [1.165, 1.54) is 37.4 Å². The minimum atomic E-state index is -3.77. The smallest absolute Gasteiger partial charge is 0.207 e. The van der Waals surface area contributed by atoms with E-state index in [1.807, 2.05) is 54.6 Å². The lowest BCUT2D eigenvalue weighted by atomic mass is 9.76. The van der Waals surface area contributed by atoms with Crippen molar-refractivity contribution < 1.29 is 8.42 Å². The number of nitrogens with zero attached hydrogens (tertiary/aromatic N) is 2. The summed E-state index contributed by atoms with van der Waals surface area (Å²) >= 11 is 1.79. The van der Waals surface area contributed by atoms with Crippen molar-refractivity contribution in [3.05, 3.63) is 180 Å². The van der Waals surface area contributed by atoms with Crippen LogP contribution in [0.4, 0.5) is 17.1 Å². The van der Waals surface area contributed by atoms with Crippen LogP contribution in [0, 0.1) is 0 Å². The first-order valence-electron chi connectivity index (χ1n) is 18.5. The molecule has 0 spiro atoms. The Kier molecular flexibility index (Phi) is 6.83. The van der Waals surface area contributed by atoms with E-state index in [0.29, 0.717) is 9.79 Å². The van der Waals surface area contributed by atoms with Crippen molar-refractivity contribution in [2.24, 2.45) is 0 Å². The van der Waals surface area contributed by atoms with Gasteiger partial charge in [0.25, 0.3) is 0 Å². The van der Waals surface area contributed by atoms with E-state index in [0.717, 1.165) is 50.4 Å². The number of anilines is 3. The van der Waals surface area contributed by atoms with Gasteiger partial charge in [0.1, 0.15) is 4.83 Å². The molecule has 4 heterocycles. The zero-order valence-corrected chi connectivity index (χ0v) is 31.8. The van der Waals surface area contributed by atoms with Gasteiger partial charge in [-0.15, -0.1) is 11.3 Å². The van der Waals surface area contributed by atoms with Crippen LogP contribution in [0.25, 0.3) is 59.7 Å². The topological polar surface area (TPSA) is 41.8 Å². The Balaban J connectivity index is 1.04. The van der Waals surface area contributed by atoms with Gasteiger partial charge in [-0.25, -0.2) is 8.42 Å². The number of benzene rings is 7. The van der Waals surface area contributed by atoms with Crippen LogP contribution in [0.3, 0.4) is 0 Å². The Morgan fingerprint density at radius 2 is 1.11 bits per heavy atom. The predicted octanol–water partition coefficient (Wildman–Crippen LogP) is 13.2. The summed E-state index contributed by atoms with van der Waals surface area (Å²) in [5, 5.41) is 7.25. The monoisotopic (exact) mass is 746 g/mol. The fraction of sp³-hybridized carbons (Fsp3) is 0.0612. The molecule has 3 aromatic heterocycles. The second-order valence-electron chi connectivity index (χ2n) is 15.0. The van der Waals surface area contributed by atoms with Crippen molar-refractivity contribution >= 4 is 75.6 Å². The van der Waals surface area contributed by atoms with Crippen LogP contribution in [-0.4, -0.2) is 12.8 Å². The Morgan fingerprint density at radius 3 is 1.84 bits per heavy atom. The third-order valence-corrected chi connectivity index (χ3v) is 14.4. The summed E-state index contributed by atoms with van der Waals surface area (Å²) in [7, 11) is -3.77. The van der Waals surface area contributed by atoms with E-state index in [4.69, 9.17) is 0 Å². The van der Waals surface area contributed by atoms with Gasteiger partial charge in [-0.2, -0.15) is 0 Å². The van der Waals surface area contributed by atoms with Crippen LogP contribution in [0.5, 0.6) is 0 Å². The first kappa shape index (κ1) is 32.2. The molecule has 0 amide bonds. The highest BCUT2D eigenvalue weighted by atomic mass is 32.2. The van der Waals surface area contributed by atoms with E-state index < -0.39 is 15.3 Å².